The summed E-state index contributed by atoms with van der Waals surface area (Å²) in [5, 5.41) is 10.9. The van der Waals surface area contributed by atoms with Gasteiger partial charge in [0, 0.05) is 6.42 Å². The van der Waals surface area contributed by atoms with Crippen LogP contribution in [0.4, 0.5) is 0 Å². The molecule has 0 unspecified atom stereocenters. The number of aliphatic hydroxyl groups is 1. The molecule has 0 aromatic rings. The van der Waals surface area contributed by atoms with Crippen molar-refractivity contribution in [2.45, 2.75) is 97.1 Å². The quantitative estimate of drug-likeness (QED) is 0.321. The van der Waals surface area contributed by atoms with E-state index in [1.807, 2.05) is 6.92 Å². The van der Waals surface area contributed by atoms with E-state index < -0.39 is 17.1 Å². The molecule has 2 aliphatic heterocycles. The fraction of sp³-hybridized carbons (Fsp3) is 0.742. The van der Waals surface area contributed by atoms with Crippen molar-refractivity contribution >= 4 is 11.8 Å². The topological polar surface area (TPSA) is 85.4 Å². The van der Waals surface area contributed by atoms with Gasteiger partial charge in [-0.25, -0.2) is 4.79 Å². The lowest BCUT2D eigenvalue weighted by Gasteiger charge is -2.58. The summed E-state index contributed by atoms with van der Waals surface area (Å²) >= 11 is 0. The molecule has 3 saturated carbocycles. The monoisotopic (exact) mass is 510 g/mol. The number of ketones is 1. The third kappa shape index (κ3) is 3.30. The summed E-state index contributed by atoms with van der Waals surface area (Å²) in [5.74, 6) is 2.36. The van der Waals surface area contributed by atoms with E-state index in [1.54, 1.807) is 19.1 Å². The lowest BCUT2D eigenvalue weighted by Crippen LogP contribution is -2.63. The van der Waals surface area contributed by atoms with Crippen LogP contribution in [0.5, 0.6) is 0 Å². The molecule has 4 aliphatic carbocycles. The number of epoxide rings is 1. The maximum atomic E-state index is 13.4. The molecule has 0 bridgehead atoms. The minimum Gasteiger partial charge on any atom is -0.494 e. The molecule has 202 valence electrons. The van der Waals surface area contributed by atoms with Crippen molar-refractivity contribution in [2.24, 2.45) is 40.4 Å². The van der Waals surface area contributed by atoms with Gasteiger partial charge < -0.3 is 19.3 Å². The van der Waals surface area contributed by atoms with E-state index in [4.69, 9.17) is 14.2 Å². The first-order valence-corrected chi connectivity index (χ1v) is 14.2. The maximum absolute atomic E-state index is 13.4. The van der Waals surface area contributed by atoms with E-state index in [-0.39, 0.29) is 47.8 Å². The summed E-state index contributed by atoms with van der Waals surface area (Å²) < 4.78 is 17.8. The van der Waals surface area contributed by atoms with Crippen molar-refractivity contribution in [2.75, 3.05) is 6.61 Å². The zero-order chi connectivity index (χ0) is 26.5. The summed E-state index contributed by atoms with van der Waals surface area (Å²) in [6.45, 7) is 14.6. The van der Waals surface area contributed by atoms with E-state index in [0.29, 0.717) is 29.1 Å². The molecule has 2 heterocycles. The lowest BCUT2D eigenvalue weighted by molar-refractivity contribution is -0.155. The average molecular weight is 511 g/mol. The van der Waals surface area contributed by atoms with Crippen molar-refractivity contribution in [1.82, 2.24) is 0 Å². The van der Waals surface area contributed by atoms with Crippen LogP contribution in [0, 0.1) is 40.4 Å². The van der Waals surface area contributed by atoms with Crippen LogP contribution in [0.25, 0.3) is 0 Å². The molecule has 0 radical (unpaired) electrons. The highest BCUT2D eigenvalue weighted by atomic mass is 16.6. The van der Waals surface area contributed by atoms with E-state index in [0.717, 1.165) is 44.1 Å². The molecule has 4 fully saturated rings. The number of cyclic esters (lactones) is 1. The normalized spacial score (nSPS) is 48.9. The number of aliphatic hydroxyl groups excluding tert-OH is 1. The van der Waals surface area contributed by atoms with Gasteiger partial charge in [0.05, 0.1) is 22.9 Å². The van der Waals surface area contributed by atoms with Crippen LogP contribution < -0.4 is 0 Å². The number of allylic oxidation sites excluding steroid dienone is 2. The van der Waals surface area contributed by atoms with Crippen molar-refractivity contribution in [3.8, 4) is 0 Å². The Bertz CT molecular complexity index is 1100. The number of hydrogen-bond acceptors (Lipinski definition) is 6. The fourth-order valence-corrected chi connectivity index (χ4v) is 9.87. The second kappa shape index (κ2) is 8.29. The molecule has 6 heteroatoms. The molecule has 1 N–H and O–H groups in total. The maximum Gasteiger partial charge on any atom is 0.337 e. The molecule has 0 aromatic carbocycles. The Hall–Kier alpha value is -1.92. The molecule has 1 spiro atoms. The van der Waals surface area contributed by atoms with Gasteiger partial charge in [0.25, 0.3) is 0 Å². The zero-order valence-corrected chi connectivity index (χ0v) is 22.9. The third-order valence-corrected chi connectivity index (χ3v) is 11.9. The number of carbonyl (C=O) groups excluding carboxylic acids is 2. The van der Waals surface area contributed by atoms with Crippen LogP contribution in [-0.4, -0.2) is 47.4 Å². The fourth-order valence-electron chi connectivity index (χ4n) is 9.87. The first kappa shape index (κ1) is 25.4. The number of rotatable bonds is 5. The van der Waals surface area contributed by atoms with Gasteiger partial charge in [-0.15, -0.1) is 0 Å². The lowest BCUT2D eigenvalue weighted by atomic mass is 9.44. The van der Waals surface area contributed by atoms with Crippen LogP contribution in [-0.2, 0) is 23.8 Å². The first-order chi connectivity index (χ1) is 17.4. The largest absolute Gasteiger partial charge is 0.494 e. The molecule has 37 heavy (non-hydrogen) atoms. The molecule has 6 rings (SSSR count). The highest BCUT2D eigenvalue weighted by molar-refractivity contribution is 5.98. The van der Waals surface area contributed by atoms with Gasteiger partial charge in [-0.3, -0.25) is 4.79 Å². The van der Waals surface area contributed by atoms with Gasteiger partial charge in [-0.05, 0) is 100 Å². The van der Waals surface area contributed by atoms with Gasteiger partial charge in [0.2, 0.25) is 0 Å². The van der Waals surface area contributed by atoms with Gasteiger partial charge >= 0.3 is 5.97 Å². The number of esters is 1. The summed E-state index contributed by atoms with van der Waals surface area (Å²) in [4.78, 5) is 26.3. The molecular formula is C31H42O6. The SMILES string of the molecule is C=C(C)OCC1=C(C)C[C@H]([C@@H](C)[C@H]2CC[C@H]3[C@@H]4C[C@H]5O[C@]56[C@@H](O)C=CC(=O)[C@]6(C)[C@H]4CC[C@]23C)OC1=O. The Morgan fingerprint density at radius 3 is 2.70 bits per heavy atom. The number of fused-ring (bicyclic) bond motifs is 4. The second-order valence-electron chi connectivity index (χ2n) is 13.4. The van der Waals surface area contributed by atoms with Crippen molar-refractivity contribution in [3.05, 3.63) is 35.6 Å². The predicted molar refractivity (Wildman–Crippen MR) is 138 cm³/mol. The zero-order valence-electron chi connectivity index (χ0n) is 22.9. The van der Waals surface area contributed by atoms with Crippen molar-refractivity contribution in [3.63, 3.8) is 0 Å². The number of hydrogen-bond donors (Lipinski definition) is 1. The van der Waals surface area contributed by atoms with Crippen molar-refractivity contribution in [1.29, 1.82) is 0 Å². The first-order valence-electron chi connectivity index (χ1n) is 14.2. The molecule has 0 aromatic heterocycles. The Kier molecular flexibility index (Phi) is 5.68. The van der Waals surface area contributed by atoms with Gasteiger partial charge in [-0.1, -0.05) is 26.0 Å². The number of carbonyl (C=O) groups is 2. The van der Waals surface area contributed by atoms with Crippen LogP contribution >= 0.6 is 0 Å². The molecule has 6 nitrogen and oxygen atoms in total. The van der Waals surface area contributed by atoms with E-state index >= 15 is 0 Å². The molecule has 1 saturated heterocycles. The highest BCUT2D eigenvalue weighted by Gasteiger charge is 2.80. The average Bonchev–Trinajstić information content (AvgIpc) is 3.47. The number of ether oxygens (including phenoxy) is 3. The second-order valence-corrected chi connectivity index (χ2v) is 13.4. The molecule has 11 atom stereocenters. The van der Waals surface area contributed by atoms with Crippen LogP contribution in [0.15, 0.2) is 35.6 Å². The Morgan fingerprint density at radius 1 is 1.24 bits per heavy atom. The van der Waals surface area contributed by atoms with E-state index in [2.05, 4.69) is 27.4 Å². The molecule has 0 amide bonds. The molecule has 6 aliphatic rings. The minimum atomic E-state index is -0.718. The van der Waals surface area contributed by atoms with Gasteiger partial charge in [0.1, 0.15) is 24.4 Å². The van der Waals surface area contributed by atoms with E-state index in [9.17, 15) is 14.7 Å². The summed E-state index contributed by atoms with van der Waals surface area (Å²) in [6, 6.07) is 0. The summed E-state index contributed by atoms with van der Waals surface area (Å²) in [6.07, 6.45) is 8.38. The van der Waals surface area contributed by atoms with E-state index in [1.165, 1.54) is 0 Å². The Balaban J connectivity index is 1.22. The minimum absolute atomic E-state index is 0.0339. The highest BCUT2D eigenvalue weighted by Crippen LogP contribution is 2.73. The van der Waals surface area contributed by atoms with Crippen LogP contribution in [0.3, 0.4) is 0 Å². The summed E-state index contributed by atoms with van der Waals surface area (Å²) in [5.41, 5.74) is 0.459. The third-order valence-electron chi connectivity index (χ3n) is 11.9. The smallest absolute Gasteiger partial charge is 0.337 e. The predicted octanol–water partition coefficient (Wildman–Crippen LogP) is 4.91. The van der Waals surface area contributed by atoms with Gasteiger partial charge in [0.15, 0.2) is 5.78 Å². The van der Waals surface area contributed by atoms with Crippen LogP contribution in [0.1, 0.15) is 73.1 Å². The van der Waals surface area contributed by atoms with Crippen LogP contribution in [0.2, 0.25) is 0 Å². The molecular weight excluding hydrogens is 468 g/mol. The van der Waals surface area contributed by atoms with Gasteiger partial charge in [-0.2, -0.15) is 0 Å². The van der Waals surface area contributed by atoms with Crippen molar-refractivity contribution < 1.29 is 28.9 Å². The standard InChI is InChI=1S/C31H42O6/c1-16(2)35-15-20-17(3)13-24(36-28(20)34)18(4)21-7-8-22-19-14-27-31(37-27)26(33)10-9-25(32)30(31,6)23(19)11-12-29(21,22)5/h9-10,18-19,21-24,26-27,33H,1,7-8,11-15H2,2-6H3/t18-,19-,21+,22-,23-,24+,26-,27+,29+,30-,31+/m0/s1. The summed E-state index contributed by atoms with van der Waals surface area (Å²) in [7, 11) is 0. The Labute approximate surface area is 220 Å². The Morgan fingerprint density at radius 2 is 2.00 bits per heavy atom.